The quantitative estimate of drug-likeness (QED) is 0.788. The normalized spacial score (nSPS) is 19.3. The van der Waals surface area contributed by atoms with E-state index >= 15 is 0 Å². The van der Waals surface area contributed by atoms with Crippen molar-refractivity contribution in [1.82, 2.24) is 15.1 Å². The molecular formula is C14H23N3O2. The number of carbonyl (C=O) groups is 1. The molecule has 1 amide bonds. The molecule has 0 saturated carbocycles. The number of carbonyl (C=O) groups excluding carboxylic acids is 1. The van der Waals surface area contributed by atoms with E-state index in [1.165, 1.54) is 5.56 Å². The van der Waals surface area contributed by atoms with E-state index in [2.05, 4.69) is 10.4 Å². The van der Waals surface area contributed by atoms with Crippen molar-refractivity contribution in [3.8, 4) is 0 Å². The molecule has 1 aromatic heterocycles. The highest BCUT2D eigenvalue weighted by atomic mass is 16.5. The summed E-state index contributed by atoms with van der Waals surface area (Å²) in [6.07, 6.45) is 8.61. The number of aryl methyl sites for hydroxylation is 2. The summed E-state index contributed by atoms with van der Waals surface area (Å²) in [6.45, 7) is 2.33. The zero-order valence-corrected chi connectivity index (χ0v) is 11.6. The van der Waals surface area contributed by atoms with E-state index < -0.39 is 0 Å². The van der Waals surface area contributed by atoms with Crippen molar-refractivity contribution in [2.45, 2.75) is 32.1 Å². The molecule has 1 fully saturated rings. The maximum Gasteiger partial charge on any atom is 0.220 e. The minimum atomic E-state index is 0.154. The summed E-state index contributed by atoms with van der Waals surface area (Å²) < 4.78 is 7.18. The van der Waals surface area contributed by atoms with Gasteiger partial charge in [-0.3, -0.25) is 9.48 Å². The van der Waals surface area contributed by atoms with Gasteiger partial charge in [0.1, 0.15) is 0 Å². The van der Waals surface area contributed by atoms with Crippen molar-refractivity contribution in [1.29, 1.82) is 0 Å². The largest absolute Gasteiger partial charge is 0.381 e. The van der Waals surface area contributed by atoms with Gasteiger partial charge in [0.2, 0.25) is 5.91 Å². The molecule has 0 spiro atoms. The topological polar surface area (TPSA) is 56.2 Å². The van der Waals surface area contributed by atoms with Gasteiger partial charge in [0, 0.05) is 39.4 Å². The number of ether oxygens (including phenoxy) is 1. The monoisotopic (exact) mass is 265 g/mol. The molecule has 5 nitrogen and oxygen atoms in total. The van der Waals surface area contributed by atoms with Crippen molar-refractivity contribution in [2.75, 3.05) is 19.8 Å². The number of rotatable bonds is 6. The minimum absolute atomic E-state index is 0.154. The van der Waals surface area contributed by atoms with Crippen LogP contribution in [0.25, 0.3) is 0 Å². The molecule has 0 aliphatic carbocycles. The fourth-order valence-corrected chi connectivity index (χ4v) is 2.42. The third-order valence-corrected chi connectivity index (χ3v) is 3.45. The molecule has 5 heteroatoms. The first-order valence-electron chi connectivity index (χ1n) is 7.06. The molecule has 0 aromatic carbocycles. The van der Waals surface area contributed by atoms with Crippen LogP contribution in [0.1, 0.15) is 31.2 Å². The van der Waals surface area contributed by atoms with Gasteiger partial charge in [0.15, 0.2) is 0 Å². The predicted octanol–water partition coefficient (Wildman–Crippen LogP) is 1.29. The highest BCUT2D eigenvalue weighted by Crippen LogP contribution is 2.16. The van der Waals surface area contributed by atoms with Gasteiger partial charge in [-0.25, -0.2) is 0 Å². The van der Waals surface area contributed by atoms with Crippen LogP contribution in [0.5, 0.6) is 0 Å². The van der Waals surface area contributed by atoms with E-state index in [0.717, 1.165) is 45.4 Å². The zero-order chi connectivity index (χ0) is 13.5. The van der Waals surface area contributed by atoms with E-state index in [0.29, 0.717) is 12.3 Å². The van der Waals surface area contributed by atoms with E-state index in [9.17, 15) is 4.79 Å². The van der Waals surface area contributed by atoms with Gasteiger partial charge in [0.25, 0.3) is 0 Å². The van der Waals surface area contributed by atoms with Crippen LogP contribution in [0.15, 0.2) is 12.4 Å². The third-order valence-electron chi connectivity index (χ3n) is 3.45. The van der Waals surface area contributed by atoms with Gasteiger partial charge in [-0.15, -0.1) is 0 Å². The Balaban J connectivity index is 1.56. The average molecular weight is 265 g/mol. The van der Waals surface area contributed by atoms with Crippen LogP contribution in [0.3, 0.4) is 0 Å². The second kappa shape index (κ2) is 7.28. The van der Waals surface area contributed by atoms with Gasteiger partial charge in [-0.1, -0.05) is 0 Å². The molecule has 19 heavy (non-hydrogen) atoms. The molecule has 1 aromatic rings. The number of hydrogen-bond acceptors (Lipinski definition) is 3. The number of amides is 1. The minimum Gasteiger partial charge on any atom is -0.381 e. The molecule has 1 aliphatic rings. The molecule has 0 bridgehead atoms. The number of hydrogen-bond donors (Lipinski definition) is 1. The highest BCUT2D eigenvalue weighted by Gasteiger charge is 2.17. The molecule has 2 rings (SSSR count). The number of nitrogens with zero attached hydrogens (tertiary/aromatic N) is 2. The zero-order valence-electron chi connectivity index (χ0n) is 11.6. The van der Waals surface area contributed by atoms with Gasteiger partial charge < -0.3 is 10.1 Å². The maximum atomic E-state index is 11.7. The molecule has 1 aliphatic heterocycles. The summed E-state index contributed by atoms with van der Waals surface area (Å²) in [7, 11) is 1.91. The first-order valence-corrected chi connectivity index (χ1v) is 7.06. The lowest BCUT2D eigenvalue weighted by Gasteiger charge is -2.21. The highest BCUT2D eigenvalue weighted by molar-refractivity contribution is 5.76. The van der Waals surface area contributed by atoms with Crippen LogP contribution in [0.4, 0.5) is 0 Å². The Morgan fingerprint density at radius 3 is 3.21 bits per heavy atom. The summed E-state index contributed by atoms with van der Waals surface area (Å²) in [4.78, 5) is 11.7. The van der Waals surface area contributed by atoms with Gasteiger partial charge in [-0.2, -0.15) is 5.10 Å². The van der Waals surface area contributed by atoms with Gasteiger partial charge in [-0.05, 0) is 37.2 Å². The molecule has 1 saturated heterocycles. The molecule has 2 heterocycles. The Morgan fingerprint density at radius 1 is 1.63 bits per heavy atom. The summed E-state index contributed by atoms with van der Waals surface area (Å²) in [5.74, 6) is 0.564. The Labute approximate surface area is 114 Å². The van der Waals surface area contributed by atoms with Crippen LogP contribution in [0, 0.1) is 5.92 Å². The Kier molecular flexibility index (Phi) is 5.39. The van der Waals surface area contributed by atoms with Crippen LogP contribution < -0.4 is 5.32 Å². The van der Waals surface area contributed by atoms with Gasteiger partial charge in [0.05, 0.1) is 6.20 Å². The predicted molar refractivity (Wildman–Crippen MR) is 72.7 cm³/mol. The van der Waals surface area contributed by atoms with Gasteiger partial charge >= 0.3 is 0 Å². The molecule has 1 N–H and O–H groups in total. The Hall–Kier alpha value is -1.36. The second-order valence-electron chi connectivity index (χ2n) is 5.26. The molecule has 106 valence electrons. The first-order chi connectivity index (χ1) is 9.24. The van der Waals surface area contributed by atoms with Crippen molar-refractivity contribution >= 4 is 5.91 Å². The fraction of sp³-hybridized carbons (Fsp3) is 0.714. The van der Waals surface area contributed by atoms with E-state index in [1.54, 1.807) is 4.68 Å². The SMILES string of the molecule is Cn1cc(CCCNC(=O)CC2CCCOC2)cn1. The Morgan fingerprint density at radius 2 is 2.53 bits per heavy atom. The van der Waals surface area contributed by atoms with Crippen molar-refractivity contribution in [3.63, 3.8) is 0 Å². The average Bonchev–Trinajstić information content (AvgIpc) is 2.82. The van der Waals surface area contributed by atoms with Crippen LogP contribution in [-0.2, 0) is 23.0 Å². The lowest BCUT2D eigenvalue weighted by atomic mass is 9.98. The summed E-state index contributed by atoms with van der Waals surface area (Å²) >= 11 is 0. The van der Waals surface area contributed by atoms with E-state index in [-0.39, 0.29) is 5.91 Å². The maximum absolute atomic E-state index is 11.7. The lowest BCUT2D eigenvalue weighted by Crippen LogP contribution is -2.29. The van der Waals surface area contributed by atoms with Crippen molar-refractivity contribution < 1.29 is 9.53 Å². The smallest absolute Gasteiger partial charge is 0.220 e. The molecule has 0 radical (unpaired) electrons. The lowest BCUT2D eigenvalue weighted by molar-refractivity contribution is -0.123. The molecule has 1 unspecified atom stereocenters. The summed E-state index contributed by atoms with van der Waals surface area (Å²) in [5.41, 5.74) is 1.22. The van der Waals surface area contributed by atoms with E-state index in [4.69, 9.17) is 4.74 Å². The Bertz CT molecular complexity index is 397. The van der Waals surface area contributed by atoms with Crippen molar-refractivity contribution in [3.05, 3.63) is 18.0 Å². The molecular weight excluding hydrogens is 242 g/mol. The second-order valence-corrected chi connectivity index (χ2v) is 5.26. The van der Waals surface area contributed by atoms with Crippen LogP contribution >= 0.6 is 0 Å². The van der Waals surface area contributed by atoms with Crippen molar-refractivity contribution in [2.24, 2.45) is 13.0 Å². The van der Waals surface area contributed by atoms with E-state index in [1.807, 2.05) is 19.4 Å². The fourth-order valence-electron chi connectivity index (χ4n) is 2.42. The van der Waals surface area contributed by atoms with Crippen LogP contribution in [-0.4, -0.2) is 35.4 Å². The first kappa shape index (κ1) is 14.1. The third kappa shape index (κ3) is 5.03. The van der Waals surface area contributed by atoms with Crippen LogP contribution in [0.2, 0.25) is 0 Å². The standard InChI is InChI=1S/C14H23N3O2/c1-17-10-13(9-16-17)4-2-6-15-14(18)8-12-5-3-7-19-11-12/h9-10,12H,2-8,11H2,1H3,(H,15,18). The summed E-state index contributed by atoms with van der Waals surface area (Å²) in [5, 5.41) is 7.11. The summed E-state index contributed by atoms with van der Waals surface area (Å²) in [6, 6.07) is 0. The number of aromatic nitrogens is 2. The molecule has 1 atom stereocenters. The number of nitrogens with one attached hydrogen (secondary N) is 1.